The lowest BCUT2D eigenvalue weighted by Gasteiger charge is -2.41. The molecule has 14 heavy (non-hydrogen) atoms. The third-order valence-corrected chi connectivity index (χ3v) is 3.35. The van der Waals surface area contributed by atoms with Crippen LogP contribution in [0.15, 0.2) is 28.4 Å². The van der Waals surface area contributed by atoms with E-state index in [1.54, 1.807) is 6.26 Å². The van der Waals surface area contributed by atoms with E-state index in [0.717, 1.165) is 18.6 Å². The van der Waals surface area contributed by atoms with Crippen LogP contribution in [0.25, 0.3) is 6.08 Å². The third kappa shape index (κ3) is 1.50. The van der Waals surface area contributed by atoms with Crippen LogP contribution in [0.4, 0.5) is 0 Å². The van der Waals surface area contributed by atoms with Gasteiger partial charge in [-0.2, -0.15) is 0 Å². The molecular formula is C12H16O2. The fourth-order valence-electron chi connectivity index (χ4n) is 2.02. The molecule has 0 spiro atoms. The highest BCUT2D eigenvalue weighted by Gasteiger charge is 2.37. The van der Waals surface area contributed by atoms with Gasteiger partial charge in [-0.25, -0.2) is 0 Å². The molecule has 2 nitrogen and oxygen atoms in total. The summed E-state index contributed by atoms with van der Waals surface area (Å²) in [4.78, 5) is 0. The zero-order chi connectivity index (χ0) is 10.0. The maximum absolute atomic E-state index is 9.36. The van der Waals surface area contributed by atoms with Gasteiger partial charge in [-0.1, -0.05) is 12.0 Å². The molecule has 0 amide bonds. The first-order valence-corrected chi connectivity index (χ1v) is 5.10. The summed E-state index contributed by atoms with van der Waals surface area (Å²) >= 11 is 0. The monoisotopic (exact) mass is 192 g/mol. The molecule has 0 atom stereocenters. The van der Waals surface area contributed by atoms with Crippen molar-refractivity contribution in [2.45, 2.75) is 26.2 Å². The van der Waals surface area contributed by atoms with Crippen LogP contribution in [0.2, 0.25) is 0 Å². The molecule has 0 saturated heterocycles. The second-order valence-corrected chi connectivity index (χ2v) is 4.13. The number of rotatable bonds is 3. The number of hydrogen-bond donors (Lipinski definition) is 1. The van der Waals surface area contributed by atoms with Crippen LogP contribution in [-0.4, -0.2) is 11.7 Å². The largest absolute Gasteiger partial charge is 0.465 e. The van der Waals surface area contributed by atoms with Gasteiger partial charge >= 0.3 is 0 Å². The first-order valence-electron chi connectivity index (χ1n) is 5.10. The van der Waals surface area contributed by atoms with E-state index >= 15 is 0 Å². The maximum Gasteiger partial charge on any atom is 0.126 e. The van der Waals surface area contributed by atoms with Crippen molar-refractivity contribution in [3.63, 3.8) is 0 Å². The van der Waals surface area contributed by atoms with Crippen molar-refractivity contribution in [2.24, 2.45) is 5.41 Å². The Labute approximate surface area is 84.2 Å². The molecule has 1 aromatic rings. The molecule has 0 bridgehead atoms. The highest BCUT2D eigenvalue weighted by atomic mass is 16.3. The normalized spacial score (nSPS) is 20.6. The molecule has 1 N–H and O–H groups in total. The summed E-state index contributed by atoms with van der Waals surface area (Å²) in [5.74, 6) is 0.877. The van der Waals surface area contributed by atoms with Crippen molar-refractivity contribution in [1.82, 2.24) is 0 Å². The highest BCUT2D eigenvalue weighted by molar-refractivity contribution is 5.49. The molecule has 1 heterocycles. The summed E-state index contributed by atoms with van der Waals surface area (Å²) in [6.07, 6.45) is 7.14. The number of aliphatic hydroxyl groups excluding tert-OH is 1. The quantitative estimate of drug-likeness (QED) is 0.798. The van der Waals surface area contributed by atoms with Crippen LogP contribution in [0.5, 0.6) is 0 Å². The Morgan fingerprint density at radius 1 is 1.64 bits per heavy atom. The van der Waals surface area contributed by atoms with Crippen LogP contribution in [0.3, 0.4) is 0 Å². The Kier molecular flexibility index (Phi) is 2.46. The minimum absolute atomic E-state index is 0.0484. The van der Waals surface area contributed by atoms with Crippen molar-refractivity contribution >= 4 is 6.08 Å². The van der Waals surface area contributed by atoms with Gasteiger partial charge in [0.05, 0.1) is 12.9 Å². The van der Waals surface area contributed by atoms with Gasteiger partial charge in [-0.05, 0) is 38.0 Å². The molecule has 76 valence electrons. The lowest BCUT2D eigenvalue weighted by atomic mass is 9.65. The van der Waals surface area contributed by atoms with Crippen molar-refractivity contribution < 1.29 is 9.52 Å². The molecule has 2 rings (SSSR count). The molecule has 0 unspecified atom stereocenters. The lowest BCUT2D eigenvalue weighted by molar-refractivity contribution is 0.0817. The summed E-state index contributed by atoms with van der Waals surface area (Å²) in [5, 5.41) is 9.36. The average molecular weight is 192 g/mol. The van der Waals surface area contributed by atoms with E-state index in [1.807, 2.05) is 18.2 Å². The molecule has 0 aliphatic heterocycles. The van der Waals surface area contributed by atoms with Gasteiger partial charge in [0.25, 0.3) is 0 Å². The van der Waals surface area contributed by atoms with E-state index in [2.05, 4.69) is 6.92 Å². The van der Waals surface area contributed by atoms with Crippen LogP contribution in [-0.2, 0) is 0 Å². The molecule has 1 aliphatic rings. The molecular weight excluding hydrogens is 176 g/mol. The standard InChI is InChI=1S/C12H16O2/c1-10(8-11-4-2-7-14-11)12(9-13)5-3-6-12/h2,4,7-8,13H,3,5-6,9H2,1H3/b10-8-. The van der Waals surface area contributed by atoms with Gasteiger partial charge in [0.2, 0.25) is 0 Å². The van der Waals surface area contributed by atoms with Crippen molar-refractivity contribution in [1.29, 1.82) is 0 Å². The Balaban J connectivity index is 2.18. The third-order valence-electron chi connectivity index (χ3n) is 3.35. The molecule has 1 aromatic heterocycles. The predicted octanol–water partition coefficient (Wildman–Crippen LogP) is 2.85. The summed E-state index contributed by atoms with van der Waals surface area (Å²) in [6.45, 7) is 2.34. The van der Waals surface area contributed by atoms with Crippen molar-refractivity contribution in [2.75, 3.05) is 6.61 Å². The summed E-state index contributed by atoms with van der Waals surface area (Å²) in [5.41, 5.74) is 1.29. The zero-order valence-corrected chi connectivity index (χ0v) is 8.49. The topological polar surface area (TPSA) is 33.4 Å². The summed E-state index contributed by atoms with van der Waals surface area (Å²) < 4.78 is 5.25. The van der Waals surface area contributed by atoms with Gasteiger partial charge in [-0.15, -0.1) is 0 Å². The predicted molar refractivity (Wildman–Crippen MR) is 55.7 cm³/mol. The fraction of sp³-hybridized carbons (Fsp3) is 0.500. The Morgan fingerprint density at radius 3 is 2.86 bits per heavy atom. The maximum atomic E-state index is 9.36. The second-order valence-electron chi connectivity index (χ2n) is 4.13. The lowest BCUT2D eigenvalue weighted by Crippen LogP contribution is -2.34. The van der Waals surface area contributed by atoms with Crippen LogP contribution >= 0.6 is 0 Å². The molecule has 1 saturated carbocycles. The van der Waals surface area contributed by atoms with E-state index in [9.17, 15) is 5.11 Å². The molecule has 1 aliphatic carbocycles. The zero-order valence-electron chi connectivity index (χ0n) is 8.49. The smallest absolute Gasteiger partial charge is 0.126 e. The summed E-state index contributed by atoms with van der Waals surface area (Å²) in [6, 6.07) is 3.82. The Bertz CT molecular complexity index is 313. The Hall–Kier alpha value is -1.02. The van der Waals surface area contributed by atoms with E-state index in [0.29, 0.717) is 0 Å². The molecule has 1 fully saturated rings. The van der Waals surface area contributed by atoms with Crippen molar-refractivity contribution in [3.05, 3.63) is 29.7 Å². The minimum atomic E-state index is 0.0484. The van der Waals surface area contributed by atoms with E-state index in [1.165, 1.54) is 12.0 Å². The molecule has 0 radical (unpaired) electrons. The van der Waals surface area contributed by atoms with Gasteiger partial charge in [-0.3, -0.25) is 0 Å². The molecule has 0 aromatic carbocycles. The summed E-state index contributed by atoms with van der Waals surface area (Å²) in [7, 11) is 0. The van der Waals surface area contributed by atoms with Crippen molar-refractivity contribution in [3.8, 4) is 0 Å². The Morgan fingerprint density at radius 2 is 2.43 bits per heavy atom. The SMILES string of the molecule is C/C(=C/c1ccco1)C1(CO)CCC1. The van der Waals surface area contributed by atoms with Gasteiger partial charge in [0.1, 0.15) is 5.76 Å². The first-order chi connectivity index (χ1) is 6.77. The van der Waals surface area contributed by atoms with E-state index in [4.69, 9.17) is 4.42 Å². The van der Waals surface area contributed by atoms with E-state index < -0.39 is 0 Å². The number of aliphatic hydroxyl groups is 1. The molecule has 2 heteroatoms. The minimum Gasteiger partial charge on any atom is -0.465 e. The number of furan rings is 1. The van der Waals surface area contributed by atoms with Crippen LogP contribution in [0, 0.1) is 5.41 Å². The van der Waals surface area contributed by atoms with E-state index in [-0.39, 0.29) is 12.0 Å². The van der Waals surface area contributed by atoms with Gasteiger partial charge < -0.3 is 9.52 Å². The van der Waals surface area contributed by atoms with Gasteiger partial charge in [0, 0.05) is 5.41 Å². The first kappa shape index (κ1) is 9.53. The van der Waals surface area contributed by atoms with Crippen LogP contribution < -0.4 is 0 Å². The van der Waals surface area contributed by atoms with Gasteiger partial charge in [0.15, 0.2) is 0 Å². The second kappa shape index (κ2) is 3.62. The fourth-order valence-corrected chi connectivity index (χ4v) is 2.02. The average Bonchev–Trinajstić information content (AvgIpc) is 2.55. The highest BCUT2D eigenvalue weighted by Crippen LogP contribution is 2.46. The van der Waals surface area contributed by atoms with Crippen LogP contribution in [0.1, 0.15) is 31.9 Å². The number of hydrogen-bond acceptors (Lipinski definition) is 2.